The van der Waals surface area contributed by atoms with Crippen LogP contribution in [0.3, 0.4) is 0 Å². The Bertz CT molecular complexity index is 454. The van der Waals surface area contributed by atoms with Crippen LogP contribution in [0.25, 0.3) is 0 Å². The van der Waals surface area contributed by atoms with E-state index < -0.39 is 0 Å². The van der Waals surface area contributed by atoms with Gasteiger partial charge in [0.25, 0.3) is 0 Å². The Morgan fingerprint density at radius 3 is 2.60 bits per heavy atom. The highest BCUT2D eigenvalue weighted by Gasteiger charge is 2.22. The number of nitrogens with zero attached hydrogens (tertiary/aromatic N) is 2. The van der Waals surface area contributed by atoms with Crippen molar-refractivity contribution in [3.05, 3.63) is 24.3 Å². The number of hydrogen-bond donors (Lipinski definition) is 1. The summed E-state index contributed by atoms with van der Waals surface area (Å²) in [6.07, 6.45) is -0.228. The van der Waals surface area contributed by atoms with Crippen molar-refractivity contribution in [1.82, 2.24) is 4.90 Å². The number of anilines is 1. The van der Waals surface area contributed by atoms with E-state index in [1.54, 1.807) is 17.0 Å². The van der Waals surface area contributed by atoms with Gasteiger partial charge in [-0.2, -0.15) is 0 Å². The number of aromatic hydroxyl groups is 1. The van der Waals surface area contributed by atoms with Crippen molar-refractivity contribution in [2.45, 2.75) is 13.8 Å². The van der Waals surface area contributed by atoms with Crippen LogP contribution in [-0.4, -0.2) is 48.9 Å². The van der Waals surface area contributed by atoms with Gasteiger partial charge in [0, 0.05) is 37.9 Å². The van der Waals surface area contributed by atoms with Gasteiger partial charge in [0.05, 0.1) is 6.61 Å². The van der Waals surface area contributed by atoms with E-state index >= 15 is 0 Å². The van der Waals surface area contributed by atoms with E-state index in [0.29, 0.717) is 25.6 Å². The van der Waals surface area contributed by atoms with Gasteiger partial charge in [-0.1, -0.05) is 19.9 Å². The van der Waals surface area contributed by atoms with Crippen LogP contribution in [-0.2, 0) is 4.74 Å². The first-order valence-corrected chi connectivity index (χ1v) is 7.02. The van der Waals surface area contributed by atoms with E-state index in [1.165, 1.54) is 0 Å². The molecule has 0 atom stereocenters. The molecule has 1 aliphatic heterocycles. The van der Waals surface area contributed by atoms with Crippen molar-refractivity contribution < 1.29 is 14.6 Å². The summed E-state index contributed by atoms with van der Waals surface area (Å²) in [6.45, 7) is 7.30. The fraction of sp³-hybridized carbons (Fsp3) is 0.533. The molecular formula is C15H22N2O3. The minimum atomic E-state index is -0.228. The topological polar surface area (TPSA) is 53.0 Å². The number of benzene rings is 1. The number of amides is 1. The standard InChI is InChI=1S/C15H22N2O3/c1-12(2)11-20-15(19)17-8-6-16(7-9-17)13-4-3-5-14(18)10-13/h3-5,10,12,18H,6-9,11H2,1-2H3. The number of phenols is 1. The predicted octanol–water partition coefficient (Wildman–Crippen LogP) is 2.31. The second kappa shape index (κ2) is 6.50. The molecule has 1 heterocycles. The van der Waals surface area contributed by atoms with Crippen LogP contribution in [0.1, 0.15) is 13.8 Å². The minimum absolute atomic E-state index is 0.228. The number of piperazine rings is 1. The van der Waals surface area contributed by atoms with E-state index in [4.69, 9.17) is 4.74 Å². The molecule has 1 N–H and O–H groups in total. The number of ether oxygens (including phenoxy) is 1. The number of hydrogen-bond acceptors (Lipinski definition) is 4. The van der Waals surface area contributed by atoms with Gasteiger partial charge in [-0.05, 0) is 18.1 Å². The van der Waals surface area contributed by atoms with Gasteiger partial charge in [-0.3, -0.25) is 0 Å². The van der Waals surface area contributed by atoms with Crippen LogP contribution in [0.5, 0.6) is 5.75 Å². The Labute approximate surface area is 119 Å². The fourth-order valence-electron chi connectivity index (χ4n) is 2.17. The molecule has 1 aliphatic rings. The summed E-state index contributed by atoms with van der Waals surface area (Å²) in [5.74, 6) is 0.619. The third-order valence-electron chi connectivity index (χ3n) is 3.27. The molecule has 0 saturated carbocycles. The first kappa shape index (κ1) is 14.5. The van der Waals surface area contributed by atoms with Crippen LogP contribution in [0.2, 0.25) is 0 Å². The minimum Gasteiger partial charge on any atom is -0.508 e. The first-order chi connectivity index (χ1) is 9.56. The average Bonchev–Trinajstić information content (AvgIpc) is 2.45. The van der Waals surface area contributed by atoms with Crippen LogP contribution < -0.4 is 4.90 Å². The van der Waals surface area contributed by atoms with Crippen molar-refractivity contribution in [3.8, 4) is 5.75 Å². The zero-order chi connectivity index (χ0) is 14.5. The van der Waals surface area contributed by atoms with Gasteiger partial charge in [0.1, 0.15) is 5.75 Å². The highest BCUT2D eigenvalue weighted by molar-refractivity contribution is 5.68. The lowest BCUT2D eigenvalue weighted by Crippen LogP contribution is -2.49. The molecule has 1 fully saturated rings. The SMILES string of the molecule is CC(C)COC(=O)N1CCN(c2cccc(O)c2)CC1. The molecule has 2 rings (SSSR count). The van der Waals surface area contributed by atoms with E-state index in [0.717, 1.165) is 18.8 Å². The molecule has 20 heavy (non-hydrogen) atoms. The number of phenolic OH excluding ortho intramolecular Hbond substituents is 1. The van der Waals surface area contributed by atoms with Crippen LogP contribution >= 0.6 is 0 Å². The lowest BCUT2D eigenvalue weighted by atomic mass is 10.2. The maximum absolute atomic E-state index is 11.8. The molecule has 1 saturated heterocycles. The van der Waals surface area contributed by atoms with Gasteiger partial charge in [0.15, 0.2) is 0 Å². The largest absolute Gasteiger partial charge is 0.508 e. The van der Waals surface area contributed by atoms with Crippen LogP contribution in [0.15, 0.2) is 24.3 Å². The molecule has 0 radical (unpaired) electrons. The molecule has 1 aromatic carbocycles. The summed E-state index contributed by atoms with van der Waals surface area (Å²) >= 11 is 0. The molecule has 1 amide bonds. The zero-order valence-corrected chi connectivity index (χ0v) is 12.1. The molecule has 0 spiro atoms. The van der Waals surface area contributed by atoms with Crippen molar-refractivity contribution in [1.29, 1.82) is 0 Å². The van der Waals surface area contributed by atoms with Crippen molar-refractivity contribution in [2.75, 3.05) is 37.7 Å². The Balaban J connectivity index is 1.84. The molecular weight excluding hydrogens is 256 g/mol. The molecule has 5 nitrogen and oxygen atoms in total. The Kier molecular flexibility index (Phi) is 4.71. The summed E-state index contributed by atoms with van der Waals surface area (Å²) in [6, 6.07) is 7.19. The molecule has 0 bridgehead atoms. The number of carbonyl (C=O) groups excluding carboxylic acids is 1. The fourth-order valence-corrected chi connectivity index (χ4v) is 2.17. The highest BCUT2D eigenvalue weighted by Crippen LogP contribution is 2.21. The number of rotatable bonds is 3. The summed E-state index contributed by atoms with van der Waals surface area (Å²) < 4.78 is 5.23. The normalized spacial score (nSPS) is 15.6. The second-order valence-electron chi connectivity index (χ2n) is 5.46. The second-order valence-corrected chi connectivity index (χ2v) is 5.46. The Morgan fingerprint density at radius 2 is 2.00 bits per heavy atom. The third-order valence-corrected chi connectivity index (χ3v) is 3.27. The summed E-state index contributed by atoms with van der Waals surface area (Å²) in [5.41, 5.74) is 0.986. The summed E-state index contributed by atoms with van der Waals surface area (Å²) in [7, 11) is 0. The molecule has 110 valence electrons. The highest BCUT2D eigenvalue weighted by atomic mass is 16.6. The van der Waals surface area contributed by atoms with Gasteiger partial charge in [0.2, 0.25) is 0 Å². The monoisotopic (exact) mass is 278 g/mol. The van der Waals surface area contributed by atoms with Gasteiger partial charge >= 0.3 is 6.09 Å². The third kappa shape index (κ3) is 3.79. The van der Waals surface area contributed by atoms with Crippen molar-refractivity contribution >= 4 is 11.8 Å². The van der Waals surface area contributed by atoms with Crippen molar-refractivity contribution in [2.24, 2.45) is 5.92 Å². The van der Waals surface area contributed by atoms with E-state index in [-0.39, 0.29) is 11.8 Å². The first-order valence-electron chi connectivity index (χ1n) is 7.02. The molecule has 0 aromatic heterocycles. The summed E-state index contributed by atoms with van der Waals surface area (Å²) in [4.78, 5) is 15.7. The van der Waals surface area contributed by atoms with E-state index in [2.05, 4.69) is 4.90 Å². The van der Waals surface area contributed by atoms with Gasteiger partial charge < -0.3 is 19.6 Å². The zero-order valence-electron chi connectivity index (χ0n) is 12.1. The number of carbonyl (C=O) groups is 1. The lowest BCUT2D eigenvalue weighted by molar-refractivity contribution is 0.0901. The van der Waals surface area contributed by atoms with Crippen LogP contribution in [0, 0.1) is 5.92 Å². The van der Waals surface area contributed by atoms with E-state index in [1.807, 2.05) is 26.0 Å². The Morgan fingerprint density at radius 1 is 1.30 bits per heavy atom. The van der Waals surface area contributed by atoms with Crippen molar-refractivity contribution in [3.63, 3.8) is 0 Å². The quantitative estimate of drug-likeness (QED) is 0.922. The van der Waals surface area contributed by atoms with E-state index in [9.17, 15) is 9.90 Å². The molecule has 5 heteroatoms. The molecule has 0 aliphatic carbocycles. The summed E-state index contributed by atoms with van der Waals surface area (Å²) in [5, 5.41) is 9.49. The maximum atomic E-state index is 11.8. The van der Waals surface area contributed by atoms with Crippen LogP contribution in [0.4, 0.5) is 10.5 Å². The molecule has 0 unspecified atom stereocenters. The lowest BCUT2D eigenvalue weighted by Gasteiger charge is -2.35. The smallest absolute Gasteiger partial charge is 0.409 e. The maximum Gasteiger partial charge on any atom is 0.409 e. The van der Waals surface area contributed by atoms with Gasteiger partial charge in [-0.15, -0.1) is 0 Å². The average molecular weight is 278 g/mol. The molecule has 1 aromatic rings. The Hall–Kier alpha value is -1.91. The van der Waals surface area contributed by atoms with Gasteiger partial charge in [-0.25, -0.2) is 4.79 Å². The predicted molar refractivity (Wildman–Crippen MR) is 78.1 cm³/mol.